The topological polar surface area (TPSA) is 53.0 Å². The summed E-state index contributed by atoms with van der Waals surface area (Å²) < 4.78 is 101. The summed E-state index contributed by atoms with van der Waals surface area (Å²) in [5.74, 6) is 1.85. The van der Waals surface area contributed by atoms with Gasteiger partial charge in [-0.1, -0.05) is 30.3 Å². The zero-order chi connectivity index (χ0) is 50.4. The van der Waals surface area contributed by atoms with E-state index in [9.17, 15) is 0 Å². The van der Waals surface area contributed by atoms with Gasteiger partial charge in [0.1, 0.15) is 0 Å². The van der Waals surface area contributed by atoms with Crippen molar-refractivity contribution in [1.29, 1.82) is 0 Å². The van der Waals surface area contributed by atoms with Crippen LogP contribution < -0.4 is 9.55 Å². The van der Waals surface area contributed by atoms with Crippen molar-refractivity contribution in [1.82, 2.24) is 23.8 Å². The summed E-state index contributed by atoms with van der Waals surface area (Å²) in [4.78, 5) is 6.96. The molecule has 10 aromatic rings. The van der Waals surface area contributed by atoms with Crippen LogP contribution in [0.3, 0.4) is 0 Å². The van der Waals surface area contributed by atoms with E-state index < -0.39 is 60.4 Å². The van der Waals surface area contributed by atoms with Crippen molar-refractivity contribution in [2.24, 2.45) is 0 Å². The normalized spacial score (nSPS) is 14.3. The minimum absolute atomic E-state index is 0.113. The van der Waals surface area contributed by atoms with Gasteiger partial charge in [0.15, 0.2) is 0 Å². The Morgan fingerprint density at radius 2 is 1.27 bits per heavy atom. The molecule has 300 valence electrons. The van der Waals surface area contributed by atoms with Crippen LogP contribution in [0.15, 0.2) is 200 Å². The van der Waals surface area contributed by atoms with Crippen LogP contribution in [0.25, 0.3) is 67.2 Å². The number of para-hydroxylation sites is 3. The van der Waals surface area contributed by atoms with E-state index in [1.165, 1.54) is 0 Å². The minimum atomic E-state index is -0.562. The molecule has 1 aliphatic rings. The molecule has 0 N–H and O–H groups in total. The first kappa shape index (κ1) is 28.3. The van der Waals surface area contributed by atoms with Gasteiger partial charge < -0.3 is 0 Å². The van der Waals surface area contributed by atoms with E-state index in [1.54, 1.807) is 24.4 Å². The first-order valence-corrected chi connectivity index (χ1v) is 21.0. The van der Waals surface area contributed by atoms with Crippen LogP contribution >= 0.6 is 0 Å². The molecule has 11 rings (SSSR count). The Hall–Kier alpha value is -7.28. The van der Waals surface area contributed by atoms with Gasteiger partial charge >= 0.3 is 315 Å². The predicted octanol–water partition coefficient (Wildman–Crippen LogP) is 13.0. The van der Waals surface area contributed by atoms with Crippen molar-refractivity contribution < 1.29 is 37.8 Å². The number of fused-ring (bicyclic) bond motifs is 4. The SMILES string of the molecule is [2H]c1c([2H])c([2H])c(-c2cccc(-c3c([2H])c([2H])c([2H])c([2H])c3[2H])c2-n2[c](=[Pt])n(-c3cccc(Oc4ccc5c(c4)N(c4cc(C)ccn4)B(C)n4nc(-c6ccccc6)cc4-5)c3)c3ccccc32)c([2H])c1[2H]. The average molecular weight is 992 g/mol. The van der Waals surface area contributed by atoms with E-state index in [0.717, 1.165) is 39.6 Å². The molecule has 0 saturated carbocycles. The molecular weight excluding hydrogens is 943 g/mol. The predicted molar refractivity (Wildman–Crippen MR) is 248 cm³/mol. The fraction of sp³-hybridized carbons (Fsp3) is 0.0377. The number of aromatic nitrogens is 5. The Labute approximate surface area is 385 Å². The Kier molecular flexibility index (Phi) is 7.13. The van der Waals surface area contributed by atoms with E-state index in [-0.39, 0.29) is 34.9 Å². The summed E-state index contributed by atoms with van der Waals surface area (Å²) in [5.41, 5.74) is 8.14. The van der Waals surface area contributed by atoms with Crippen molar-refractivity contribution in [2.75, 3.05) is 4.81 Å². The molecule has 0 spiro atoms. The van der Waals surface area contributed by atoms with Crippen LogP contribution in [-0.4, -0.2) is 30.8 Å². The summed E-state index contributed by atoms with van der Waals surface area (Å²) in [6.45, 7) is 3.88. The van der Waals surface area contributed by atoms with Crippen LogP contribution in [0.5, 0.6) is 11.5 Å². The molecule has 0 unspecified atom stereocenters. The molecule has 0 aliphatic carbocycles. The third kappa shape index (κ3) is 6.55. The van der Waals surface area contributed by atoms with Gasteiger partial charge in [-0.15, -0.1) is 0 Å². The third-order valence-corrected chi connectivity index (χ3v) is 12.0. The second kappa shape index (κ2) is 15.6. The maximum atomic E-state index is 9.08. The molecule has 0 radical (unpaired) electrons. The molecule has 0 atom stereocenters. The van der Waals surface area contributed by atoms with Gasteiger partial charge in [0.25, 0.3) is 0 Å². The molecule has 0 saturated heterocycles. The van der Waals surface area contributed by atoms with E-state index >= 15 is 0 Å². The monoisotopic (exact) mass is 991 g/mol. The molecule has 1 aliphatic heterocycles. The van der Waals surface area contributed by atoms with Gasteiger partial charge in [0, 0.05) is 11.8 Å². The standard InChI is InChI=1S/C53H39BN6O.Pt/c1-37-30-31-55-52(32-37)59-50-34-43(28-29-46(50)51-35-47(56-60(51)54(59)2)40-20-10-5-11-21-40)61-42-23-14-22-41(33-42)57-36-58(49-27-13-12-26-48(49)57)53-44(38-16-6-3-7-17-38)24-15-25-45(53)39-18-8-4-9-19-39;/h3-35H,1-2H3;/i3D,4D,6D,7D,8D,9D,16D,17D,18D,19D;. The Balaban J connectivity index is 1.08. The van der Waals surface area contributed by atoms with Crippen LogP contribution in [0.4, 0.5) is 11.5 Å². The van der Waals surface area contributed by atoms with E-state index in [1.807, 2.05) is 124 Å². The van der Waals surface area contributed by atoms with E-state index in [0.29, 0.717) is 32.0 Å². The summed E-state index contributed by atoms with van der Waals surface area (Å²) in [5, 5.41) is 5.09. The number of imidazole rings is 1. The Bertz CT molecular complexity index is 3810. The van der Waals surface area contributed by atoms with Gasteiger partial charge in [-0.2, -0.15) is 5.10 Å². The summed E-state index contributed by atoms with van der Waals surface area (Å²) >= 11 is 2.17. The van der Waals surface area contributed by atoms with Gasteiger partial charge in [-0.05, 0) is 18.6 Å². The number of benzene rings is 7. The van der Waals surface area contributed by atoms with Crippen LogP contribution in [0.1, 0.15) is 19.3 Å². The summed E-state index contributed by atoms with van der Waals surface area (Å²) in [7, 11) is 0. The number of nitrogens with zero attached hydrogens (tertiary/aromatic N) is 6. The zero-order valence-electron chi connectivity index (χ0n) is 43.3. The molecule has 9 heteroatoms. The molecule has 4 heterocycles. The number of hydrogen-bond acceptors (Lipinski definition) is 4. The van der Waals surface area contributed by atoms with Crippen molar-refractivity contribution in [3.63, 3.8) is 0 Å². The van der Waals surface area contributed by atoms with Gasteiger partial charge in [0.2, 0.25) is 0 Å². The molecular formula is C53H39BN6OPt. The second-order valence-electron chi connectivity index (χ2n) is 14.8. The fourth-order valence-corrected chi connectivity index (χ4v) is 9.34. The van der Waals surface area contributed by atoms with Crippen molar-refractivity contribution in [3.8, 4) is 67.6 Å². The third-order valence-electron chi connectivity index (χ3n) is 11.0. The Morgan fingerprint density at radius 1 is 0.613 bits per heavy atom. The molecule has 0 bridgehead atoms. The number of rotatable bonds is 8. The molecule has 0 amide bonds. The number of ether oxygens (including phenoxy) is 1. The maximum absolute atomic E-state index is 9.08. The molecule has 7 aromatic carbocycles. The van der Waals surface area contributed by atoms with Crippen LogP contribution in [0.2, 0.25) is 6.82 Å². The second-order valence-corrected chi connectivity index (χ2v) is 15.8. The average Bonchev–Trinajstić information content (AvgIpc) is 3.97. The molecule has 62 heavy (non-hydrogen) atoms. The first-order valence-electron chi connectivity index (χ1n) is 24.9. The van der Waals surface area contributed by atoms with Gasteiger partial charge in [0.05, 0.1) is 5.69 Å². The van der Waals surface area contributed by atoms with Crippen molar-refractivity contribution in [3.05, 3.63) is 209 Å². The molecule has 0 fully saturated rings. The van der Waals surface area contributed by atoms with E-state index in [2.05, 4.69) is 43.1 Å². The van der Waals surface area contributed by atoms with Gasteiger partial charge in [-0.3, -0.25) is 0 Å². The summed E-state index contributed by atoms with van der Waals surface area (Å²) in [6.07, 6.45) is 1.80. The molecule has 3 aromatic heterocycles. The number of hydrogen-bond donors (Lipinski definition) is 0. The van der Waals surface area contributed by atoms with Crippen molar-refractivity contribution >= 4 is 29.5 Å². The van der Waals surface area contributed by atoms with Crippen LogP contribution in [0, 0.1) is 10.7 Å². The first-order chi connectivity index (χ1) is 34.6. The number of anilines is 2. The van der Waals surface area contributed by atoms with Crippen molar-refractivity contribution in [2.45, 2.75) is 13.7 Å². The number of pyridine rings is 1. The number of aryl methyl sites for hydroxylation is 1. The zero-order valence-corrected chi connectivity index (χ0v) is 35.5. The van der Waals surface area contributed by atoms with E-state index in [4.69, 9.17) is 28.5 Å². The molecule has 7 nitrogen and oxygen atoms in total. The quantitative estimate of drug-likeness (QED) is 0.142. The Morgan fingerprint density at radius 3 is 1.98 bits per heavy atom. The van der Waals surface area contributed by atoms with Crippen LogP contribution in [-0.2, 0) is 19.4 Å². The fourth-order valence-electron chi connectivity index (χ4n) is 8.25. The summed E-state index contributed by atoms with van der Waals surface area (Å²) in [6, 6.07) is 37.0. The van der Waals surface area contributed by atoms with Gasteiger partial charge in [-0.25, -0.2) is 0 Å².